The van der Waals surface area contributed by atoms with Gasteiger partial charge in [0.1, 0.15) is 5.82 Å². The van der Waals surface area contributed by atoms with Crippen molar-refractivity contribution in [3.8, 4) is 0 Å². The number of anilines is 1. The summed E-state index contributed by atoms with van der Waals surface area (Å²) in [5.74, 6) is 0.792. The normalized spacial score (nSPS) is 10.6. The Morgan fingerprint density at radius 2 is 1.91 bits per heavy atom. The summed E-state index contributed by atoms with van der Waals surface area (Å²) in [6, 6.07) is 10.3. The molecule has 1 heterocycles. The first-order chi connectivity index (χ1) is 10.7. The Kier molecular flexibility index (Phi) is 6.59. The number of hydrogen-bond donors (Lipinski definition) is 2. The summed E-state index contributed by atoms with van der Waals surface area (Å²) in [4.78, 5) is 4.59. The van der Waals surface area contributed by atoms with E-state index in [0.29, 0.717) is 5.11 Å². The molecule has 0 aliphatic carbocycles. The molecule has 0 bridgehead atoms. The van der Waals surface area contributed by atoms with Crippen LogP contribution in [0.5, 0.6) is 0 Å². The van der Waals surface area contributed by atoms with Gasteiger partial charge in [-0.2, -0.15) is 0 Å². The lowest BCUT2D eigenvalue weighted by atomic mass is 10.1. The van der Waals surface area contributed by atoms with Gasteiger partial charge in [-0.05, 0) is 49.8 Å². The van der Waals surface area contributed by atoms with Crippen molar-refractivity contribution in [2.45, 2.75) is 46.0 Å². The van der Waals surface area contributed by atoms with Gasteiger partial charge in [0.05, 0.1) is 5.52 Å². The Morgan fingerprint density at radius 3 is 2.73 bits per heavy atom. The van der Waals surface area contributed by atoms with E-state index in [9.17, 15) is 0 Å². The highest BCUT2D eigenvalue weighted by molar-refractivity contribution is 7.80. The van der Waals surface area contributed by atoms with E-state index < -0.39 is 0 Å². The lowest BCUT2D eigenvalue weighted by molar-refractivity contribution is 0.625. The summed E-state index contributed by atoms with van der Waals surface area (Å²) in [7, 11) is 0. The number of pyridine rings is 1. The van der Waals surface area contributed by atoms with Gasteiger partial charge >= 0.3 is 0 Å². The molecule has 0 saturated heterocycles. The molecule has 22 heavy (non-hydrogen) atoms. The second kappa shape index (κ2) is 8.69. The van der Waals surface area contributed by atoms with E-state index in [-0.39, 0.29) is 0 Å². The highest BCUT2D eigenvalue weighted by Crippen LogP contribution is 2.16. The Balaban J connectivity index is 1.80. The van der Waals surface area contributed by atoms with Gasteiger partial charge in [0.2, 0.25) is 0 Å². The van der Waals surface area contributed by atoms with Gasteiger partial charge in [-0.25, -0.2) is 4.98 Å². The van der Waals surface area contributed by atoms with Gasteiger partial charge < -0.3 is 10.6 Å². The van der Waals surface area contributed by atoms with Crippen molar-refractivity contribution in [3.05, 3.63) is 35.9 Å². The molecule has 1 aromatic heterocycles. The van der Waals surface area contributed by atoms with Crippen LogP contribution in [0.3, 0.4) is 0 Å². The van der Waals surface area contributed by atoms with Crippen molar-refractivity contribution in [2.24, 2.45) is 0 Å². The summed E-state index contributed by atoms with van der Waals surface area (Å²) in [5.41, 5.74) is 2.23. The monoisotopic (exact) mass is 315 g/mol. The zero-order valence-corrected chi connectivity index (χ0v) is 14.3. The molecule has 0 unspecified atom stereocenters. The van der Waals surface area contributed by atoms with Gasteiger partial charge in [-0.1, -0.05) is 44.2 Å². The third-order valence-electron chi connectivity index (χ3n) is 3.65. The zero-order valence-electron chi connectivity index (χ0n) is 13.5. The standard InChI is InChI=1S/C18H25N3S/c1-3-4-5-6-7-12-19-18(22)21-17-11-9-15-13-14(2)8-10-16(15)20-17/h8-11,13H,3-7,12H2,1-2H3,(H2,19,20,21,22). The number of nitrogens with zero attached hydrogens (tertiary/aromatic N) is 1. The number of hydrogen-bond acceptors (Lipinski definition) is 2. The fourth-order valence-electron chi connectivity index (χ4n) is 2.41. The third kappa shape index (κ3) is 5.26. The molecule has 0 amide bonds. The van der Waals surface area contributed by atoms with Crippen molar-refractivity contribution < 1.29 is 0 Å². The smallest absolute Gasteiger partial charge is 0.171 e. The van der Waals surface area contributed by atoms with E-state index in [1.807, 2.05) is 12.1 Å². The quantitative estimate of drug-likeness (QED) is 0.568. The fourth-order valence-corrected chi connectivity index (χ4v) is 2.61. The summed E-state index contributed by atoms with van der Waals surface area (Å²) in [5, 5.41) is 8.21. The van der Waals surface area contributed by atoms with Crippen LogP contribution in [0.2, 0.25) is 0 Å². The molecule has 118 valence electrons. The summed E-state index contributed by atoms with van der Waals surface area (Å²) < 4.78 is 0. The lowest BCUT2D eigenvalue weighted by Crippen LogP contribution is -2.29. The zero-order chi connectivity index (χ0) is 15.8. The Morgan fingerprint density at radius 1 is 1.09 bits per heavy atom. The second-order valence-electron chi connectivity index (χ2n) is 5.69. The molecule has 4 heteroatoms. The van der Waals surface area contributed by atoms with Crippen LogP contribution in [0, 0.1) is 6.92 Å². The number of unbranched alkanes of at least 4 members (excludes halogenated alkanes) is 4. The highest BCUT2D eigenvalue weighted by atomic mass is 32.1. The predicted octanol–water partition coefficient (Wildman–Crippen LogP) is 4.80. The van der Waals surface area contributed by atoms with Gasteiger partial charge in [-0.15, -0.1) is 0 Å². The van der Waals surface area contributed by atoms with Crippen LogP contribution in [-0.4, -0.2) is 16.6 Å². The molecule has 0 fully saturated rings. The largest absolute Gasteiger partial charge is 0.362 e. The van der Waals surface area contributed by atoms with Gasteiger partial charge in [-0.3, -0.25) is 0 Å². The lowest BCUT2D eigenvalue weighted by Gasteiger charge is -2.10. The van der Waals surface area contributed by atoms with Crippen molar-refractivity contribution >= 4 is 34.1 Å². The Hall–Kier alpha value is -1.68. The number of thiocarbonyl (C=S) groups is 1. The molecule has 1 aromatic carbocycles. The fraction of sp³-hybridized carbons (Fsp3) is 0.444. The average molecular weight is 315 g/mol. The van der Waals surface area contributed by atoms with Crippen LogP contribution in [-0.2, 0) is 0 Å². The van der Waals surface area contributed by atoms with Crippen LogP contribution in [0.25, 0.3) is 10.9 Å². The topological polar surface area (TPSA) is 37.0 Å². The Bertz CT molecular complexity index is 625. The van der Waals surface area contributed by atoms with E-state index in [1.54, 1.807) is 0 Å². The number of rotatable bonds is 7. The number of nitrogens with one attached hydrogen (secondary N) is 2. The van der Waals surface area contributed by atoms with Gasteiger partial charge in [0, 0.05) is 11.9 Å². The second-order valence-corrected chi connectivity index (χ2v) is 6.10. The maximum absolute atomic E-state index is 5.32. The van der Waals surface area contributed by atoms with Gasteiger partial charge in [0.25, 0.3) is 0 Å². The minimum Gasteiger partial charge on any atom is -0.362 e. The SMILES string of the molecule is CCCCCCCNC(=S)Nc1ccc2cc(C)ccc2n1. The van der Waals surface area contributed by atoms with Crippen molar-refractivity contribution in [1.82, 2.24) is 10.3 Å². The van der Waals surface area contributed by atoms with Crippen molar-refractivity contribution in [1.29, 1.82) is 0 Å². The number of aryl methyl sites for hydroxylation is 1. The van der Waals surface area contributed by atoms with Gasteiger partial charge in [0.15, 0.2) is 5.11 Å². The van der Waals surface area contributed by atoms with Crippen molar-refractivity contribution in [3.63, 3.8) is 0 Å². The molecule has 0 aliphatic rings. The molecule has 0 aliphatic heterocycles. The summed E-state index contributed by atoms with van der Waals surface area (Å²) in [6.45, 7) is 5.24. The third-order valence-corrected chi connectivity index (χ3v) is 3.90. The molecule has 3 nitrogen and oxygen atoms in total. The molecule has 2 N–H and O–H groups in total. The average Bonchev–Trinajstić information content (AvgIpc) is 2.51. The number of fused-ring (bicyclic) bond motifs is 1. The van der Waals surface area contributed by atoms with E-state index in [0.717, 1.165) is 29.7 Å². The Labute approximate surface area is 138 Å². The summed E-state index contributed by atoms with van der Waals surface area (Å²) >= 11 is 5.32. The molecule has 2 rings (SSSR count). The van der Waals surface area contributed by atoms with E-state index in [1.165, 1.54) is 31.2 Å². The molecule has 2 aromatic rings. The maximum atomic E-state index is 5.32. The molecule has 0 atom stereocenters. The van der Waals surface area contributed by atoms with Crippen LogP contribution >= 0.6 is 12.2 Å². The first-order valence-corrected chi connectivity index (χ1v) is 8.52. The molecular formula is C18H25N3S. The van der Waals surface area contributed by atoms with Crippen molar-refractivity contribution in [2.75, 3.05) is 11.9 Å². The molecule has 0 spiro atoms. The summed E-state index contributed by atoms with van der Waals surface area (Å²) in [6.07, 6.45) is 6.33. The minimum absolute atomic E-state index is 0.648. The van der Waals surface area contributed by atoms with E-state index in [4.69, 9.17) is 12.2 Å². The first-order valence-electron chi connectivity index (χ1n) is 8.11. The van der Waals surface area contributed by atoms with Crippen LogP contribution < -0.4 is 10.6 Å². The van der Waals surface area contributed by atoms with E-state index in [2.05, 4.69) is 47.7 Å². The predicted molar refractivity (Wildman–Crippen MR) is 99.5 cm³/mol. The first kappa shape index (κ1) is 16.7. The maximum Gasteiger partial charge on any atom is 0.171 e. The minimum atomic E-state index is 0.648. The highest BCUT2D eigenvalue weighted by Gasteiger charge is 2.01. The number of benzene rings is 1. The molecular weight excluding hydrogens is 290 g/mol. The van der Waals surface area contributed by atoms with Crippen LogP contribution in [0.15, 0.2) is 30.3 Å². The molecule has 0 radical (unpaired) electrons. The number of aromatic nitrogens is 1. The van der Waals surface area contributed by atoms with E-state index >= 15 is 0 Å². The van der Waals surface area contributed by atoms with Crippen LogP contribution in [0.4, 0.5) is 5.82 Å². The molecule has 0 saturated carbocycles. The van der Waals surface area contributed by atoms with Crippen LogP contribution in [0.1, 0.15) is 44.6 Å².